The fraction of sp³-hybridized carbons (Fsp3) is 0.143. The third-order valence-corrected chi connectivity index (χ3v) is 5.72. The molecule has 0 bridgehead atoms. The molecule has 0 aliphatic rings. The van der Waals surface area contributed by atoms with Gasteiger partial charge >= 0.3 is 0 Å². The van der Waals surface area contributed by atoms with Crippen LogP contribution in [0.3, 0.4) is 0 Å². The van der Waals surface area contributed by atoms with E-state index in [0.717, 1.165) is 32.1 Å². The summed E-state index contributed by atoms with van der Waals surface area (Å²) in [5, 5.41) is 1.30. The molecule has 1 N–H and O–H groups in total. The van der Waals surface area contributed by atoms with Crippen LogP contribution in [-0.2, 0) is 6.42 Å². The number of ether oxygens (including phenoxy) is 1. The molecule has 2 aromatic carbocycles. The molecule has 0 radical (unpaired) electrons. The van der Waals surface area contributed by atoms with Gasteiger partial charge in [-0.15, -0.1) is 11.3 Å². The van der Waals surface area contributed by atoms with Crippen LogP contribution in [0.2, 0.25) is 5.02 Å². The molecular formula is C21H17ClN2O2S. The molecule has 0 aliphatic carbocycles. The quantitative estimate of drug-likeness (QED) is 0.515. The van der Waals surface area contributed by atoms with Gasteiger partial charge in [0.1, 0.15) is 16.4 Å². The number of hydrogen-bond donors (Lipinski definition) is 1. The maximum Gasteiger partial charge on any atom is 0.260 e. The number of para-hydroxylation sites is 1. The van der Waals surface area contributed by atoms with Crippen LogP contribution in [0.15, 0.2) is 53.3 Å². The molecule has 4 nitrogen and oxygen atoms in total. The zero-order chi connectivity index (χ0) is 19.0. The zero-order valence-corrected chi connectivity index (χ0v) is 16.4. The van der Waals surface area contributed by atoms with E-state index in [2.05, 4.69) is 4.98 Å². The Morgan fingerprint density at radius 2 is 1.89 bits per heavy atom. The van der Waals surface area contributed by atoms with Gasteiger partial charge in [-0.05, 0) is 30.7 Å². The van der Waals surface area contributed by atoms with E-state index in [9.17, 15) is 4.79 Å². The van der Waals surface area contributed by atoms with Crippen molar-refractivity contribution < 1.29 is 4.74 Å². The predicted octanol–water partition coefficient (Wildman–Crippen LogP) is 5.21. The third kappa shape index (κ3) is 3.36. The Kier molecular flexibility index (Phi) is 4.72. The van der Waals surface area contributed by atoms with Crippen LogP contribution < -0.4 is 10.3 Å². The van der Waals surface area contributed by atoms with Gasteiger partial charge in [-0.3, -0.25) is 4.79 Å². The Morgan fingerprint density at radius 1 is 1.15 bits per heavy atom. The first-order valence-electron chi connectivity index (χ1n) is 8.47. The molecule has 2 aromatic heterocycles. The van der Waals surface area contributed by atoms with Crippen molar-refractivity contribution in [2.45, 2.75) is 13.3 Å². The second-order valence-corrected chi connectivity index (χ2v) is 7.86. The van der Waals surface area contributed by atoms with Crippen molar-refractivity contribution >= 4 is 33.2 Å². The first kappa shape index (κ1) is 17.8. The summed E-state index contributed by atoms with van der Waals surface area (Å²) in [4.78, 5) is 22.3. The first-order chi connectivity index (χ1) is 13.1. The molecule has 27 heavy (non-hydrogen) atoms. The molecule has 4 aromatic rings. The van der Waals surface area contributed by atoms with E-state index in [4.69, 9.17) is 21.3 Å². The standard InChI is InChI=1S/C21H17ClN2O2S/c1-12-18(13-7-9-15(22)10-8-13)19-20(25)23-17(24-21(19)27-12)11-14-5-3-4-6-16(14)26-2/h3-10H,11H2,1-2H3,(H,23,24,25). The number of methoxy groups -OCH3 is 1. The lowest BCUT2D eigenvalue weighted by Crippen LogP contribution is -2.12. The van der Waals surface area contributed by atoms with Crippen LogP contribution >= 0.6 is 22.9 Å². The lowest BCUT2D eigenvalue weighted by molar-refractivity contribution is 0.410. The molecule has 2 heterocycles. The second kappa shape index (κ2) is 7.18. The van der Waals surface area contributed by atoms with Crippen molar-refractivity contribution in [1.29, 1.82) is 0 Å². The van der Waals surface area contributed by atoms with Crippen LogP contribution in [0.5, 0.6) is 5.75 Å². The van der Waals surface area contributed by atoms with E-state index in [1.54, 1.807) is 7.11 Å². The summed E-state index contributed by atoms with van der Waals surface area (Å²) in [5.74, 6) is 1.41. The molecule has 6 heteroatoms. The lowest BCUT2D eigenvalue weighted by atomic mass is 10.0. The average Bonchev–Trinajstić information content (AvgIpc) is 2.99. The van der Waals surface area contributed by atoms with E-state index in [0.29, 0.717) is 22.7 Å². The van der Waals surface area contributed by atoms with Gasteiger partial charge in [0.05, 0.1) is 12.5 Å². The second-order valence-electron chi connectivity index (χ2n) is 6.22. The van der Waals surface area contributed by atoms with Crippen molar-refractivity contribution in [3.63, 3.8) is 0 Å². The highest BCUT2D eigenvalue weighted by Gasteiger charge is 2.17. The summed E-state index contributed by atoms with van der Waals surface area (Å²) < 4.78 is 5.40. The van der Waals surface area contributed by atoms with Crippen molar-refractivity contribution in [2.24, 2.45) is 0 Å². The summed E-state index contributed by atoms with van der Waals surface area (Å²) in [6.07, 6.45) is 0.502. The van der Waals surface area contributed by atoms with Crippen molar-refractivity contribution in [3.05, 3.63) is 80.2 Å². The highest BCUT2D eigenvalue weighted by molar-refractivity contribution is 7.19. The minimum Gasteiger partial charge on any atom is -0.496 e. The maximum absolute atomic E-state index is 12.9. The van der Waals surface area contributed by atoms with Crippen LogP contribution in [0, 0.1) is 6.92 Å². The number of nitrogens with one attached hydrogen (secondary N) is 1. The number of fused-ring (bicyclic) bond motifs is 1. The minimum absolute atomic E-state index is 0.126. The number of rotatable bonds is 4. The monoisotopic (exact) mass is 396 g/mol. The van der Waals surface area contributed by atoms with Gasteiger partial charge in [-0.1, -0.05) is 41.9 Å². The largest absolute Gasteiger partial charge is 0.496 e. The van der Waals surface area contributed by atoms with Gasteiger partial charge in [0.25, 0.3) is 5.56 Å². The molecule has 0 saturated heterocycles. The first-order valence-corrected chi connectivity index (χ1v) is 9.66. The van der Waals surface area contributed by atoms with Crippen LogP contribution in [0.25, 0.3) is 21.3 Å². The summed E-state index contributed by atoms with van der Waals surface area (Å²) in [6.45, 7) is 2.01. The number of thiophene rings is 1. The van der Waals surface area contributed by atoms with E-state index in [-0.39, 0.29) is 5.56 Å². The van der Waals surface area contributed by atoms with Gasteiger partial charge in [-0.25, -0.2) is 4.98 Å². The Balaban J connectivity index is 1.82. The fourth-order valence-corrected chi connectivity index (χ4v) is 4.43. The maximum atomic E-state index is 12.9. The van der Waals surface area contributed by atoms with Crippen LogP contribution in [-0.4, -0.2) is 17.1 Å². The highest BCUT2D eigenvalue weighted by Crippen LogP contribution is 2.36. The molecule has 136 valence electrons. The SMILES string of the molecule is COc1ccccc1Cc1nc2sc(C)c(-c3ccc(Cl)cc3)c2c(=O)[nH]1. The number of benzene rings is 2. The van der Waals surface area contributed by atoms with Gasteiger partial charge in [0.2, 0.25) is 0 Å². The molecule has 0 unspecified atom stereocenters. The summed E-state index contributed by atoms with van der Waals surface area (Å²) in [7, 11) is 1.64. The Hall–Kier alpha value is -2.63. The third-order valence-electron chi connectivity index (χ3n) is 4.47. The average molecular weight is 397 g/mol. The van der Waals surface area contributed by atoms with Gasteiger partial charge in [0.15, 0.2) is 0 Å². The Bertz CT molecular complexity index is 1180. The van der Waals surface area contributed by atoms with Gasteiger partial charge in [-0.2, -0.15) is 0 Å². The predicted molar refractivity (Wildman–Crippen MR) is 111 cm³/mol. The molecule has 0 spiro atoms. The molecule has 0 saturated carbocycles. The smallest absolute Gasteiger partial charge is 0.260 e. The van der Waals surface area contributed by atoms with E-state index < -0.39 is 0 Å². The van der Waals surface area contributed by atoms with Crippen molar-refractivity contribution in [2.75, 3.05) is 7.11 Å². The van der Waals surface area contributed by atoms with Crippen molar-refractivity contribution in [3.8, 4) is 16.9 Å². The fourth-order valence-electron chi connectivity index (χ4n) is 3.24. The number of aromatic amines is 1. The van der Waals surface area contributed by atoms with Gasteiger partial charge < -0.3 is 9.72 Å². The highest BCUT2D eigenvalue weighted by atomic mass is 35.5. The lowest BCUT2D eigenvalue weighted by Gasteiger charge is -2.07. The number of aryl methyl sites for hydroxylation is 1. The van der Waals surface area contributed by atoms with E-state index in [1.807, 2.05) is 55.5 Å². The minimum atomic E-state index is -0.126. The number of aromatic nitrogens is 2. The van der Waals surface area contributed by atoms with Gasteiger partial charge in [0, 0.05) is 27.4 Å². The molecular weight excluding hydrogens is 380 g/mol. The molecule has 4 rings (SSSR count). The van der Waals surface area contributed by atoms with E-state index in [1.165, 1.54) is 11.3 Å². The number of hydrogen-bond acceptors (Lipinski definition) is 4. The number of halogens is 1. The summed E-state index contributed by atoms with van der Waals surface area (Å²) in [5.41, 5.74) is 2.74. The molecule has 0 amide bonds. The van der Waals surface area contributed by atoms with Crippen molar-refractivity contribution in [1.82, 2.24) is 9.97 Å². The Morgan fingerprint density at radius 3 is 2.63 bits per heavy atom. The summed E-state index contributed by atoms with van der Waals surface area (Å²) >= 11 is 7.53. The van der Waals surface area contributed by atoms with Crippen LogP contribution in [0.1, 0.15) is 16.3 Å². The topological polar surface area (TPSA) is 55.0 Å². The molecule has 0 aliphatic heterocycles. The molecule has 0 atom stereocenters. The summed E-state index contributed by atoms with van der Waals surface area (Å²) in [6, 6.07) is 15.3. The van der Waals surface area contributed by atoms with E-state index >= 15 is 0 Å². The van der Waals surface area contributed by atoms with Crippen LogP contribution in [0.4, 0.5) is 0 Å². The number of nitrogens with zero attached hydrogens (tertiary/aromatic N) is 1. The Labute approximate surface area is 165 Å². The normalized spacial score (nSPS) is 11.1. The molecule has 0 fully saturated rings. The zero-order valence-electron chi connectivity index (χ0n) is 14.9. The number of H-pyrrole nitrogens is 1.